The van der Waals surface area contributed by atoms with E-state index in [9.17, 15) is 19.7 Å². The first-order valence-electron chi connectivity index (χ1n) is 11.4. The Hall–Kier alpha value is -5.25. The smallest absolute Gasteiger partial charge is 0.319 e. The molecule has 3 amide bonds. The number of allylic oxidation sites excluding steroid dienone is 1. The van der Waals surface area contributed by atoms with E-state index in [0.717, 1.165) is 11.3 Å². The quantitative estimate of drug-likeness (QED) is 0.264. The first-order valence-corrected chi connectivity index (χ1v) is 11.4. The molecule has 4 aromatic rings. The van der Waals surface area contributed by atoms with E-state index in [0.29, 0.717) is 28.2 Å². The van der Waals surface area contributed by atoms with Crippen LogP contribution in [0.2, 0.25) is 0 Å². The summed E-state index contributed by atoms with van der Waals surface area (Å²) in [6.07, 6.45) is 1.81. The van der Waals surface area contributed by atoms with Gasteiger partial charge in [0.05, 0.1) is 27.9 Å². The van der Waals surface area contributed by atoms with Crippen LogP contribution in [-0.2, 0) is 4.79 Å². The van der Waals surface area contributed by atoms with Crippen LogP contribution in [0, 0.1) is 10.1 Å². The van der Waals surface area contributed by atoms with Gasteiger partial charge < -0.3 is 16.0 Å². The maximum atomic E-state index is 13.5. The zero-order valence-electron chi connectivity index (χ0n) is 19.7. The molecule has 0 aliphatic carbocycles. The average molecular weight is 495 g/mol. The zero-order chi connectivity index (χ0) is 25.9. The molecule has 1 aromatic heterocycles. The molecule has 37 heavy (non-hydrogen) atoms. The fourth-order valence-electron chi connectivity index (χ4n) is 4.22. The van der Waals surface area contributed by atoms with Crippen molar-refractivity contribution >= 4 is 23.3 Å². The lowest BCUT2D eigenvalue weighted by atomic mass is 9.93. The van der Waals surface area contributed by atoms with Crippen LogP contribution < -0.4 is 16.0 Å². The van der Waals surface area contributed by atoms with Gasteiger partial charge in [-0.05, 0) is 31.2 Å². The second-order valence-corrected chi connectivity index (χ2v) is 8.41. The summed E-state index contributed by atoms with van der Waals surface area (Å²) in [7, 11) is 0. The molecule has 5 rings (SSSR count). The molecule has 1 unspecified atom stereocenters. The minimum Gasteiger partial charge on any atom is -0.327 e. The number of urea groups is 1. The molecule has 3 aromatic carbocycles. The van der Waals surface area contributed by atoms with Crippen molar-refractivity contribution < 1.29 is 14.5 Å². The standard InChI is InChI=1S/C27H22N6O4/c1-17-23(26(34)29-19-12-14-21(15-13-19)33(36)37)25(30-27(35)28-17)22-16-32(20-10-6-3-7-11-20)31-24(22)18-8-4-2-5-9-18/h2-16,25H,1H3,(H,29,34)(H2,28,30,35). The number of nitrogens with one attached hydrogen (secondary N) is 3. The second kappa shape index (κ2) is 9.78. The van der Waals surface area contributed by atoms with Crippen LogP contribution in [0.5, 0.6) is 0 Å². The van der Waals surface area contributed by atoms with E-state index in [-0.39, 0.29) is 5.69 Å². The van der Waals surface area contributed by atoms with E-state index in [1.165, 1.54) is 24.3 Å². The molecular formula is C27H22N6O4. The summed E-state index contributed by atoms with van der Waals surface area (Å²) in [5.41, 5.74) is 3.88. The largest absolute Gasteiger partial charge is 0.327 e. The van der Waals surface area contributed by atoms with Crippen LogP contribution in [0.25, 0.3) is 16.9 Å². The van der Waals surface area contributed by atoms with Crippen LogP contribution in [0.15, 0.2) is 102 Å². The normalized spacial score (nSPS) is 15.1. The molecule has 1 atom stereocenters. The maximum absolute atomic E-state index is 13.5. The molecule has 0 saturated heterocycles. The Morgan fingerprint density at radius 1 is 1.00 bits per heavy atom. The van der Waals surface area contributed by atoms with Gasteiger partial charge >= 0.3 is 6.03 Å². The van der Waals surface area contributed by atoms with Crippen molar-refractivity contribution in [2.75, 3.05) is 5.32 Å². The van der Waals surface area contributed by atoms with E-state index in [1.807, 2.05) is 60.7 Å². The van der Waals surface area contributed by atoms with Gasteiger partial charge in [0.2, 0.25) is 0 Å². The number of rotatable bonds is 6. The van der Waals surface area contributed by atoms with Gasteiger partial charge in [-0.2, -0.15) is 5.10 Å². The van der Waals surface area contributed by atoms with Crippen molar-refractivity contribution in [3.05, 3.63) is 118 Å². The zero-order valence-corrected chi connectivity index (χ0v) is 19.7. The molecule has 1 aliphatic rings. The topological polar surface area (TPSA) is 131 Å². The van der Waals surface area contributed by atoms with Crippen molar-refractivity contribution in [1.29, 1.82) is 0 Å². The minimum atomic E-state index is -0.806. The van der Waals surface area contributed by atoms with E-state index < -0.39 is 22.9 Å². The van der Waals surface area contributed by atoms with Gasteiger partial charge in [0.15, 0.2) is 0 Å². The Balaban J connectivity index is 1.57. The molecule has 2 heterocycles. The lowest BCUT2D eigenvalue weighted by Crippen LogP contribution is -2.46. The van der Waals surface area contributed by atoms with Gasteiger partial charge in [-0.1, -0.05) is 48.5 Å². The number of carbonyl (C=O) groups is 2. The lowest BCUT2D eigenvalue weighted by molar-refractivity contribution is -0.384. The molecule has 1 aliphatic heterocycles. The summed E-state index contributed by atoms with van der Waals surface area (Å²) in [6.45, 7) is 1.65. The molecule has 0 bridgehead atoms. The number of non-ortho nitro benzene ring substituents is 1. The number of nitrogens with zero attached hydrogens (tertiary/aromatic N) is 3. The van der Waals surface area contributed by atoms with Crippen molar-refractivity contribution in [2.24, 2.45) is 0 Å². The number of benzene rings is 3. The van der Waals surface area contributed by atoms with Gasteiger partial charge in [0.25, 0.3) is 11.6 Å². The number of nitro groups is 1. The predicted molar refractivity (Wildman–Crippen MR) is 138 cm³/mol. The monoisotopic (exact) mass is 494 g/mol. The third kappa shape index (κ3) is 4.80. The minimum absolute atomic E-state index is 0.0845. The molecule has 10 heteroatoms. The highest BCUT2D eigenvalue weighted by atomic mass is 16.6. The van der Waals surface area contributed by atoms with Crippen molar-refractivity contribution in [3.63, 3.8) is 0 Å². The van der Waals surface area contributed by atoms with Gasteiger partial charge in [-0.15, -0.1) is 0 Å². The van der Waals surface area contributed by atoms with Crippen molar-refractivity contribution in [2.45, 2.75) is 13.0 Å². The van der Waals surface area contributed by atoms with Crippen molar-refractivity contribution in [3.8, 4) is 16.9 Å². The maximum Gasteiger partial charge on any atom is 0.319 e. The number of anilines is 1. The first-order chi connectivity index (χ1) is 17.9. The molecule has 184 valence electrons. The van der Waals surface area contributed by atoms with E-state index >= 15 is 0 Å². The number of aromatic nitrogens is 2. The van der Waals surface area contributed by atoms with E-state index in [2.05, 4.69) is 16.0 Å². The van der Waals surface area contributed by atoms with Crippen LogP contribution >= 0.6 is 0 Å². The van der Waals surface area contributed by atoms with Crippen LogP contribution in [-0.4, -0.2) is 26.6 Å². The predicted octanol–water partition coefficient (Wildman–Crippen LogP) is 4.71. The lowest BCUT2D eigenvalue weighted by Gasteiger charge is -2.28. The number of amides is 3. The SMILES string of the molecule is CC1=C(C(=O)Nc2ccc([N+](=O)[O-])cc2)C(c2cn(-c3ccccc3)nc2-c2ccccc2)NC(=O)N1. The molecule has 0 spiro atoms. The van der Waals surface area contributed by atoms with Crippen LogP contribution in [0.3, 0.4) is 0 Å². The summed E-state index contributed by atoms with van der Waals surface area (Å²) in [5, 5.41) is 24.1. The number of hydrogen-bond acceptors (Lipinski definition) is 5. The third-order valence-electron chi connectivity index (χ3n) is 5.97. The Bertz CT molecular complexity index is 1510. The highest BCUT2D eigenvalue weighted by Gasteiger charge is 2.34. The van der Waals surface area contributed by atoms with Gasteiger partial charge in [-0.25, -0.2) is 9.48 Å². The van der Waals surface area contributed by atoms with Gasteiger partial charge in [-0.3, -0.25) is 14.9 Å². The molecule has 0 fully saturated rings. The Morgan fingerprint density at radius 2 is 1.65 bits per heavy atom. The average Bonchev–Trinajstić information content (AvgIpc) is 3.35. The van der Waals surface area contributed by atoms with Crippen LogP contribution in [0.4, 0.5) is 16.2 Å². The van der Waals surface area contributed by atoms with Crippen molar-refractivity contribution in [1.82, 2.24) is 20.4 Å². The molecule has 0 saturated carbocycles. The Kier molecular flexibility index (Phi) is 6.21. The van der Waals surface area contributed by atoms with E-state index in [4.69, 9.17) is 5.10 Å². The summed E-state index contributed by atoms with van der Waals surface area (Å²) >= 11 is 0. The second-order valence-electron chi connectivity index (χ2n) is 8.41. The highest BCUT2D eigenvalue weighted by molar-refractivity contribution is 6.07. The van der Waals surface area contributed by atoms with Gasteiger partial charge in [0.1, 0.15) is 0 Å². The van der Waals surface area contributed by atoms with Crippen LogP contribution in [0.1, 0.15) is 18.5 Å². The molecule has 0 radical (unpaired) electrons. The van der Waals surface area contributed by atoms with Gasteiger partial charge in [0, 0.05) is 40.8 Å². The number of hydrogen-bond donors (Lipinski definition) is 3. The number of carbonyl (C=O) groups excluding carboxylic acids is 2. The molecule has 3 N–H and O–H groups in total. The highest BCUT2D eigenvalue weighted by Crippen LogP contribution is 2.35. The fourth-order valence-corrected chi connectivity index (χ4v) is 4.22. The number of nitro benzene ring substituents is 1. The summed E-state index contributed by atoms with van der Waals surface area (Å²) in [5.74, 6) is -0.463. The van der Waals surface area contributed by atoms with E-state index in [1.54, 1.807) is 17.8 Å². The number of para-hydroxylation sites is 1. The first kappa shape index (κ1) is 23.5. The Labute approximate surface area is 211 Å². The fraction of sp³-hybridized carbons (Fsp3) is 0.0741. The Morgan fingerprint density at radius 3 is 2.30 bits per heavy atom. The summed E-state index contributed by atoms with van der Waals surface area (Å²) < 4.78 is 1.72. The summed E-state index contributed by atoms with van der Waals surface area (Å²) in [6, 6.07) is 23.3. The third-order valence-corrected chi connectivity index (χ3v) is 5.97. The molecular weight excluding hydrogens is 472 g/mol. The summed E-state index contributed by atoms with van der Waals surface area (Å²) in [4.78, 5) is 36.5. The molecule has 10 nitrogen and oxygen atoms in total.